The third kappa shape index (κ3) is 3.39. The van der Waals surface area contributed by atoms with E-state index in [1.807, 2.05) is 32.9 Å². The van der Waals surface area contributed by atoms with Crippen molar-refractivity contribution in [2.45, 2.75) is 33.2 Å². The predicted molar refractivity (Wildman–Crippen MR) is 79.1 cm³/mol. The molecule has 1 N–H and O–H groups in total. The Morgan fingerprint density at radius 1 is 1.43 bits per heavy atom. The van der Waals surface area contributed by atoms with Gasteiger partial charge in [0, 0.05) is 10.6 Å². The number of tetrazole rings is 1. The second-order valence-electron chi connectivity index (χ2n) is 5.32. The summed E-state index contributed by atoms with van der Waals surface area (Å²) >= 11 is 6.03. The van der Waals surface area contributed by atoms with Crippen LogP contribution in [-0.4, -0.2) is 31.3 Å². The molecule has 0 saturated heterocycles. The molecule has 0 aliphatic heterocycles. The van der Waals surface area contributed by atoms with E-state index in [0.29, 0.717) is 10.8 Å². The van der Waals surface area contributed by atoms with E-state index in [-0.39, 0.29) is 18.4 Å². The monoisotopic (exact) mass is 308 g/mol. The van der Waals surface area contributed by atoms with Crippen LogP contribution in [0.25, 0.3) is 11.4 Å². The van der Waals surface area contributed by atoms with Crippen LogP contribution >= 0.6 is 11.6 Å². The average molecular weight is 309 g/mol. The Morgan fingerprint density at radius 2 is 2.14 bits per heavy atom. The fraction of sp³-hybridized carbons (Fsp3) is 0.429. The minimum Gasteiger partial charge on any atom is -0.481 e. The van der Waals surface area contributed by atoms with Crippen molar-refractivity contribution < 1.29 is 9.90 Å². The SMILES string of the molecule is Cc1cc(-c2nnnn2C(CC(=O)O)C(C)C)ccc1Cl. The lowest BCUT2D eigenvalue weighted by Gasteiger charge is -2.20. The van der Waals surface area contributed by atoms with Crippen molar-refractivity contribution in [3.8, 4) is 11.4 Å². The summed E-state index contributed by atoms with van der Waals surface area (Å²) in [5, 5.41) is 21.5. The molecule has 1 aromatic heterocycles. The number of hydrogen-bond acceptors (Lipinski definition) is 4. The smallest absolute Gasteiger partial charge is 0.305 e. The van der Waals surface area contributed by atoms with Gasteiger partial charge in [-0.1, -0.05) is 25.4 Å². The normalized spacial score (nSPS) is 12.6. The molecule has 7 heteroatoms. The fourth-order valence-corrected chi connectivity index (χ4v) is 2.29. The Bertz CT molecular complexity index is 654. The van der Waals surface area contributed by atoms with Crippen LogP contribution in [0, 0.1) is 12.8 Å². The van der Waals surface area contributed by atoms with Crippen molar-refractivity contribution in [1.29, 1.82) is 0 Å². The zero-order chi connectivity index (χ0) is 15.6. The van der Waals surface area contributed by atoms with Gasteiger partial charge in [0.15, 0.2) is 5.82 Å². The maximum absolute atomic E-state index is 11.1. The third-order valence-corrected chi connectivity index (χ3v) is 3.80. The van der Waals surface area contributed by atoms with Crippen LogP contribution in [-0.2, 0) is 4.79 Å². The molecule has 112 valence electrons. The molecule has 1 atom stereocenters. The van der Waals surface area contributed by atoms with E-state index in [1.54, 1.807) is 10.7 Å². The summed E-state index contributed by atoms with van der Waals surface area (Å²) in [6, 6.07) is 5.20. The van der Waals surface area contributed by atoms with Gasteiger partial charge in [0.1, 0.15) is 0 Å². The molecule has 6 nitrogen and oxygen atoms in total. The maximum atomic E-state index is 11.1. The highest BCUT2D eigenvalue weighted by Gasteiger charge is 2.24. The van der Waals surface area contributed by atoms with E-state index in [1.165, 1.54) is 0 Å². The van der Waals surface area contributed by atoms with Gasteiger partial charge in [0.05, 0.1) is 12.5 Å². The number of carboxylic acids is 1. The molecule has 1 unspecified atom stereocenters. The standard InChI is InChI=1S/C14H17ClN4O2/c1-8(2)12(7-13(20)21)19-14(16-17-18-19)10-4-5-11(15)9(3)6-10/h4-6,8,12H,7H2,1-3H3,(H,20,21). The predicted octanol–water partition coefficient (Wildman–Crippen LogP) is 2.97. The highest BCUT2D eigenvalue weighted by Crippen LogP contribution is 2.28. The van der Waals surface area contributed by atoms with Crippen molar-refractivity contribution in [1.82, 2.24) is 20.2 Å². The Kier molecular flexibility index (Phi) is 4.57. The van der Waals surface area contributed by atoms with Crippen LogP contribution in [0.1, 0.15) is 31.9 Å². The lowest BCUT2D eigenvalue weighted by Crippen LogP contribution is -2.21. The molecule has 0 bridgehead atoms. The number of carboxylic acid groups (broad SMARTS) is 1. The van der Waals surface area contributed by atoms with Gasteiger partial charge >= 0.3 is 5.97 Å². The van der Waals surface area contributed by atoms with E-state index in [4.69, 9.17) is 16.7 Å². The largest absolute Gasteiger partial charge is 0.481 e. The minimum atomic E-state index is -0.873. The quantitative estimate of drug-likeness (QED) is 0.918. The number of carbonyl (C=O) groups is 1. The van der Waals surface area contributed by atoms with Gasteiger partial charge < -0.3 is 5.11 Å². The molecule has 1 aromatic carbocycles. The first-order valence-corrected chi connectivity index (χ1v) is 7.04. The number of nitrogens with zero attached hydrogens (tertiary/aromatic N) is 4. The highest BCUT2D eigenvalue weighted by molar-refractivity contribution is 6.31. The average Bonchev–Trinajstić information content (AvgIpc) is 2.87. The number of hydrogen-bond donors (Lipinski definition) is 1. The second kappa shape index (κ2) is 6.22. The van der Waals surface area contributed by atoms with Gasteiger partial charge in [0.25, 0.3) is 0 Å². The lowest BCUT2D eigenvalue weighted by atomic mass is 10.0. The molecule has 2 rings (SSSR count). The molecule has 2 aromatic rings. The van der Waals surface area contributed by atoms with Gasteiger partial charge in [-0.2, -0.15) is 0 Å². The summed E-state index contributed by atoms with van der Waals surface area (Å²) in [5.74, 6) is -0.228. The first kappa shape index (κ1) is 15.4. The van der Waals surface area contributed by atoms with Crippen LogP contribution in [0.3, 0.4) is 0 Å². The fourth-order valence-electron chi connectivity index (χ4n) is 2.17. The van der Waals surface area contributed by atoms with Gasteiger partial charge in [-0.3, -0.25) is 4.79 Å². The minimum absolute atomic E-state index is 0.0255. The molecule has 0 aliphatic rings. The number of aryl methyl sites for hydroxylation is 1. The molecule has 21 heavy (non-hydrogen) atoms. The zero-order valence-corrected chi connectivity index (χ0v) is 12.9. The molecular formula is C14H17ClN4O2. The second-order valence-corrected chi connectivity index (χ2v) is 5.73. The van der Waals surface area contributed by atoms with Gasteiger partial charge in [-0.05, 0) is 47.0 Å². The van der Waals surface area contributed by atoms with Gasteiger partial charge in [-0.15, -0.1) is 5.10 Å². The first-order valence-electron chi connectivity index (χ1n) is 6.66. The Hall–Kier alpha value is -1.95. The third-order valence-electron chi connectivity index (χ3n) is 3.38. The molecule has 0 radical (unpaired) electrons. The van der Waals surface area contributed by atoms with Crippen LogP contribution < -0.4 is 0 Å². The van der Waals surface area contributed by atoms with E-state index in [2.05, 4.69) is 15.5 Å². The number of benzene rings is 1. The van der Waals surface area contributed by atoms with Crippen molar-refractivity contribution in [2.24, 2.45) is 5.92 Å². The summed E-state index contributed by atoms with van der Waals surface area (Å²) in [7, 11) is 0. The number of halogens is 1. The van der Waals surface area contributed by atoms with Crippen LogP contribution in [0.4, 0.5) is 0 Å². The molecule has 0 fully saturated rings. The molecular weight excluding hydrogens is 292 g/mol. The number of aliphatic carboxylic acids is 1. The summed E-state index contributed by atoms with van der Waals surface area (Å²) in [4.78, 5) is 11.1. The zero-order valence-electron chi connectivity index (χ0n) is 12.1. The van der Waals surface area contributed by atoms with Crippen molar-refractivity contribution in [2.75, 3.05) is 0 Å². The Labute approximate surface area is 127 Å². The number of rotatable bonds is 5. The summed E-state index contributed by atoms with van der Waals surface area (Å²) in [6.45, 7) is 5.80. The Balaban J connectivity index is 2.45. The van der Waals surface area contributed by atoms with Crippen LogP contribution in [0.15, 0.2) is 18.2 Å². The first-order chi connectivity index (χ1) is 9.90. The Morgan fingerprint density at radius 3 is 2.71 bits per heavy atom. The van der Waals surface area contributed by atoms with Gasteiger partial charge in [0.2, 0.25) is 0 Å². The van der Waals surface area contributed by atoms with E-state index in [0.717, 1.165) is 11.1 Å². The molecule has 0 spiro atoms. The van der Waals surface area contributed by atoms with E-state index >= 15 is 0 Å². The van der Waals surface area contributed by atoms with Gasteiger partial charge in [-0.25, -0.2) is 4.68 Å². The summed E-state index contributed by atoms with van der Waals surface area (Å²) in [5.41, 5.74) is 1.74. The van der Waals surface area contributed by atoms with Crippen molar-refractivity contribution in [3.05, 3.63) is 28.8 Å². The maximum Gasteiger partial charge on any atom is 0.305 e. The summed E-state index contributed by atoms with van der Waals surface area (Å²) < 4.78 is 1.58. The molecule has 0 amide bonds. The van der Waals surface area contributed by atoms with E-state index in [9.17, 15) is 4.79 Å². The molecule has 0 saturated carbocycles. The molecule has 1 heterocycles. The topological polar surface area (TPSA) is 80.9 Å². The molecule has 0 aliphatic carbocycles. The highest BCUT2D eigenvalue weighted by atomic mass is 35.5. The number of aromatic nitrogens is 4. The van der Waals surface area contributed by atoms with Crippen LogP contribution in [0.5, 0.6) is 0 Å². The van der Waals surface area contributed by atoms with Crippen molar-refractivity contribution >= 4 is 17.6 Å². The van der Waals surface area contributed by atoms with Crippen molar-refractivity contribution in [3.63, 3.8) is 0 Å². The summed E-state index contributed by atoms with van der Waals surface area (Å²) in [6.07, 6.45) is -0.0255. The van der Waals surface area contributed by atoms with E-state index < -0.39 is 5.97 Å². The lowest BCUT2D eigenvalue weighted by molar-refractivity contribution is -0.138. The van der Waals surface area contributed by atoms with Crippen LogP contribution in [0.2, 0.25) is 5.02 Å².